The van der Waals surface area contributed by atoms with Crippen molar-refractivity contribution < 1.29 is 14.2 Å². The second-order valence-corrected chi connectivity index (χ2v) is 5.34. The number of benzene rings is 2. The number of hydrogen-bond acceptors (Lipinski definition) is 2. The lowest BCUT2D eigenvalue weighted by atomic mass is 10.1. The first-order valence-corrected chi connectivity index (χ1v) is 6.75. The maximum Gasteiger partial charge on any atom is 0.146 e. The predicted octanol–water partition coefficient (Wildman–Crippen LogP) is 5.29. The molecule has 2 aromatic carbocycles. The molecule has 106 valence electrons. The summed E-state index contributed by atoms with van der Waals surface area (Å²) in [5.74, 6) is 0.363. The molecular weight excluding hydrogens is 302 g/mol. The van der Waals surface area contributed by atoms with Gasteiger partial charge in [0.25, 0.3) is 0 Å². The van der Waals surface area contributed by atoms with E-state index in [1.165, 1.54) is 12.1 Å². The molecular formula is C15H13Cl2FO2. The maximum absolute atomic E-state index is 13.6. The van der Waals surface area contributed by atoms with Gasteiger partial charge in [0.15, 0.2) is 0 Å². The van der Waals surface area contributed by atoms with Crippen LogP contribution in [0.25, 0.3) is 0 Å². The van der Waals surface area contributed by atoms with Crippen molar-refractivity contribution in [2.75, 3.05) is 0 Å². The zero-order chi connectivity index (χ0) is 14.9. The summed E-state index contributed by atoms with van der Waals surface area (Å²) < 4.78 is 19.3. The Morgan fingerprint density at radius 3 is 2.45 bits per heavy atom. The van der Waals surface area contributed by atoms with Crippen molar-refractivity contribution in [2.45, 2.75) is 20.0 Å². The van der Waals surface area contributed by atoms with Gasteiger partial charge in [0, 0.05) is 10.6 Å². The molecule has 2 aromatic rings. The highest BCUT2D eigenvalue weighted by atomic mass is 35.5. The van der Waals surface area contributed by atoms with Gasteiger partial charge in [-0.15, -0.1) is 0 Å². The Hall–Kier alpha value is -1.29. The van der Waals surface area contributed by atoms with Crippen LogP contribution in [-0.4, -0.2) is 5.11 Å². The van der Waals surface area contributed by atoms with Crippen LogP contribution in [0.5, 0.6) is 11.5 Å². The Balaban J connectivity index is 2.44. The molecule has 0 saturated carbocycles. The van der Waals surface area contributed by atoms with Gasteiger partial charge in [-0.25, -0.2) is 4.39 Å². The number of halogens is 3. The summed E-state index contributed by atoms with van der Waals surface area (Å²) in [5.41, 5.74) is 0.786. The smallest absolute Gasteiger partial charge is 0.146 e. The third-order valence-electron chi connectivity index (χ3n) is 2.85. The van der Waals surface area contributed by atoms with Crippen molar-refractivity contribution >= 4 is 23.2 Å². The Morgan fingerprint density at radius 1 is 1.15 bits per heavy atom. The summed E-state index contributed by atoms with van der Waals surface area (Å²) in [4.78, 5) is 0. The molecule has 2 rings (SSSR count). The van der Waals surface area contributed by atoms with Gasteiger partial charge in [-0.2, -0.15) is 0 Å². The van der Waals surface area contributed by atoms with E-state index in [0.29, 0.717) is 32.7 Å². The summed E-state index contributed by atoms with van der Waals surface area (Å²) in [6.07, 6.45) is -0.855. The highest BCUT2D eigenvalue weighted by molar-refractivity contribution is 6.35. The molecule has 0 amide bonds. The third kappa shape index (κ3) is 3.23. The first kappa shape index (κ1) is 15.1. The fourth-order valence-electron chi connectivity index (χ4n) is 1.76. The molecule has 5 heteroatoms. The Bertz CT molecular complexity index is 642. The lowest BCUT2D eigenvalue weighted by Gasteiger charge is -2.15. The van der Waals surface area contributed by atoms with Crippen molar-refractivity contribution in [2.24, 2.45) is 0 Å². The number of ether oxygens (including phenoxy) is 1. The quantitative estimate of drug-likeness (QED) is 0.834. The largest absolute Gasteiger partial charge is 0.455 e. The predicted molar refractivity (Wildman–Crippen MR) is 78.3 cm³/mol. The van der Waals surface area contributed by atoms with Crippen LogP contribution in [-0.2, 0) is 0 Å². The SMILES string of the molecule is Cc1cc(Oc2ccc(Cl)cc2Cl)c([C@@H](C)O)cc1F. The second-order valence-electron chi connectivity index (χ2n) is 4.49. The van der Waals surface area contributed by atoms with Crippen molar-refractivity contribution in [1.29, 1.82) is 0 Å². The molecule has 0 heterocycles. The number of hydrogen-bond donors (Lipinski definition) is 1. The molecule has 0 fully saturated rings. The maximum atomic E-state index is 13.6. The molecule has 0 aliphatic heterocycles. The number of aliphatic hydroxyl groups is 1. The topological polar surface area (TPSA) is 29.5 Å². The minimum Gasteiger partial charge on any atom is -0.455 e. The van der Waals surface area contributed by atoms with Gasteiger partial charge >= 0.3 is 0 Å². The molecule has 1 atom stereocenters. The fraction of sp³-hybridized carbons (Fsp3) is 0.200. The second kappa shape index (κ2) is 6.00. The van der Waals surface area contributed by atoms with Gasteiger partial charge in [-0.1, -0.05) is 23.2 Å². The van der Waals surface area contributed by atoms with Crippen molar-refractivity contribution in [3.05, 3.63) is 57.3 Å². The molecule has 0 aliphatic carbocycles. The lowest BCUT2D eigenvalue weighted by molar-refractivity contribution is 0.195. The minimum atomic E-state index is -0.855. The summed E-state index contributed by atoms with van der Waals surface area (Å²) >= 11 is 11.9. The average molecular weight is 315 g/mol. The van der Waals surface area contributed by atoms with Gasteiger partial charge in [-0.3, -0.25) is 0 Å². The zero-order valence-electron chi connectivity index (χ0n) is 11.0. The Kier molecular flexibility index (Phi) is 4.53. The van der Waals surface area contributed by atoms with E-state index < -0.39 is 11.9 Å². The summed E-state index contributed by atoms with van der Waals surface area (Å²) in [5, 5.41) is 10.5. The van der Waals surface area contributed by atoms with Crippen LogP contribution < -0.4 is 4.74 Å². The Morgan fingerprint density at radius 2 is 1.85 bits per heavy atom. The molecule has 1 N–H and O–H groups in total. The van der Waals surface area contributed by atoms with Crippen molar-refractivity contribution in [3.63, 3.8) is 0 Å². The van der Waals surface area contributed by atoms with Crippen LogP contribution >= 0.6 is 23.2 Å². The molecule has 20 heavy (non-hydrogen) atoms. The van der Waals surface area contributed by atoms with E-state index in [1.54, 1.807) is 32.0 Å². The molecule has 0 saturated heterocycles. The highest BCUT2D eigenvalue weighted by Gasteiger charge is 2.15. The molecule has 0 aliphatic rings. The van der Waals surface area contributed by atoms with E-state index in [1.807, 2.05) is 0 Å². The summed E-state index contributed by atoms with van der Waals surface area (Å²) in [6, 6.07) is 7.61. The van der Waals surface area contributed by atoms with Crippen LogP contribution in [0, 0.1) is 12.7 Å². The van der Waals surface area contributed by atoms with Gasteiger partial charge in [0.05, 0.1) is 11.1 Å². The molecule has 0 bridgehead atoms. The number of rotatable bonds is 3. The Labute approximate surface area is 126 Å². The van der Waals surface area contributed by atoms with E-state index in [2.05, 4.69) is 0 Å². The van der Waals surface area contributed by atoms with Crippen LogP contribution in [0.4, 0.5) is 4.39 Å². The van der Waals surface area contributed by atoms with E-state index in [0.717, 1.165) is 0 Å². The molecule has 0 aromatic heterocycles. The van der Waals surface area contributed by atoms with Crippen LogP contribution in [0.15, 0.2) is 30.3 Å². The molecule has 0 radical (unpaired) electrons. The van der Waals surface area contributed by atoms with E-state index in [-0.39, 0.29) is 0 Å². The van der Waals surface area contributed by atoms with Crippen molar-refractivity contribution in [3.8, 4) is 11.5 Å². The van der Waals surface area contributed by atoms with Crippen molar-refractivity contribution in [1.82, 2.24) is 0 Å². The average Bonchev–Trinajstić information content (AvgIpc) is 2.36. The van der Waals surface area contributed by atoms with Gasteiger partial charge in [0.2, 0.25) is 0 Å². The highest BCUT2D eigenvalue weighted by Crippen LogP contribution is 2.36. The molecule has 0 unspecified atom stereocenters. The lowest BCUT2D eigenvalue weighted by Crippen LogP contribution is -1.99. The summed E-state index contributed by atoms with van der Waals surface area (Å²) in [7, 11) is 0. The number of aliphatic hydroxyl groups excluding tert-OH is 1. The normalized spacial score (nSPS) is 12.3. The van der Waals surface area contributed by atoms with Gasteiger partial charge in [-0.05, 0) is 49.7 Å². The fourth-order valence-corrected chi connectivity index (χ4v) is 2.21. The van der Waals surface area contributed by atoms with E-state index >= 15 is 0 Å². The molecule has 2 nitrogen and oxygen atoms in total. The first-order chi connectivity index (χ1) is 9.38. The van der Waals surface area contributed by atoms with Gasteiger partial charge < -0.3 is 9.84 Å². The zero-order valence-corrected chi connectivity index (χ0v) is 12.5. The van der Waals surface area contributed by atoms with Gasteiger partial charge in [0.1, 0.15) is 17.3 Å². The van der Waals surface area contributed by atoms with Crippen LogP contribution in [0.3, 0.4) is 0 Å². The minimum absolute atomic E-state index is 0.344. The standard InChI is InChI=1S/C15H13Cl2FO2/c1-8-5-15(11(9(2)19)7-13(8)18)20-14-4-3-10(16)6-12(14)17/h3-7,9,19H,1-2H3/t9-/m1/s1. The molecule has 0 spiro atoms. The third-order valence-corrected chi connectivity index (χ3v) is 3.39. The first-order valence-electron chi connectivity index (χ1n) is 5.99. The monoisotopic (exact) mass is 314 g/mol. The van der Waals surface area contributed by atoms with E-state index in [4.69, 9.17) is 27.9 Å². The number of aryl methyl sites for hydroxylation is 1. The summed E-state index contributed by atoms with van der Waals surface area (Å²) in [6.45, 7) is 3.16. The van der Waals surface area contributed by atoms with E-state index in [9.17, 15) is 9.50 Å². The van der Waals surface area contributed by atoms with Crippen LogP contribution in [0.2, 0.25) is 10.0 Å². The van der Waals surface area contributed by atoms with Crippen LogP contribution in [0.1, 0.15) is 24.2 Å².